The smallest absolute Gasteiger partial charge is 0.360 e. The molecule has 0 atom stereocenters. The molecule has 0 saturated carbocycles. The summed E-state index contributed by atoms with van der Waals surface area (Å²) in [5.74, 6) is -0.598. The molecule has 0 fully saturated rings. The van der Waals surface area contributed by atoms with Crippen molar-refractivity contribution < 1.29 is 18.3 Å². The van der Waals surface area contributed by atoms with E-state index in [1.807, 2.05) is 0 Å². The lowest BCUT2D eigenvalue weighted by atomic mass is 9.95. The van der Waals surface area contributed by atoms with Crippen molar-refractivity contribution in [3.05, 3.63) is 35.4 Å². The minimum atomic E-state index is -3.24. The maximum Gasteiger partial charge on any atom is 0.360 e. The average molecular weight is 257 g/mol. The number of nitrogens with two attached hydrogens (primary N) is 1. The maximum absolute atomic E-state index is 13.6. The zero-order valence-electron chi connectivity index (χ0n) is 10.7. The third kappa shape index (κ3) is 3.50. The van der Waals surface area contributed by atoms with Gasteiger partial charge in [0.15, 0.2) is 0 Å². The van der Waals surface area contributed by atoms with Gasteiger partial charge in [0.05, 0.1) is 12.0 Å². The van der Waals surface area contributed by atoms with Crippen LogP contribution in [0, 0.1) is 5.41 Å². The fourth-order valence-corrected chi connectivity index (χ4v) is 1.20. The van der Waals surface area contributed by atoms with Crippen LogP contribution in [0.15, 0.2) is 24.3 Å². The van der Waals surface area contributed by atoms with Crippen LogP contribution in [-0.2, 0) is 11.3 Å². The van der Waals surface area contributed by atoms with E-state index in [1.54, 1.807) is 12.1 Å². The Kier molecular flexibility index (Phi) is 4.06. The molecule has 0 radical (unpaired) electrons. The van der Waals surface area contributed by atoms with Crippen molar-refractivity contribution in [2.45, 2.75) is 33.5 Å². The van der Waals surface area contributed by atoms with Crippen molar-refractivity contribution in [2.24, 2.45) is 11.1 Å². The van der Waals surface area contributed by atoms with E-state index in [9.17, 15) is 13.6 Å². The summed E-state index contributed by atoms with van der Waals surface area (Å²) in [6.45, 7) is 3.91. The Balaban J connectivity index is 2.75. The standard InChI is InChI=1S/C13H17F2NO2/c1-12(2,3)13(14,15)18-8-9-5-4-6-10(7-9)11(16)17/h4-7H,8H2,1-3H3,(H2,16,17). The number of alkyl halides is 2. The van der Waals surface area contributed by atoms with E-state index < -0.39 is 17.4 Å². The number of carbonyl (C=O) groups is 1. The number of rotatable bonds is 4. The molecular formula is C13H17F2NO2. The molecule has 2 N–H and O–H groups in total. The molecule has 18 heavy (non-hydrogen) atoms. The Bertz CT molecular complexity index is 439. The van der Waals surface area contributed by atoms with Crippen LogP contribution in [0.3, 0.4) is 0 Å². The minimum Gasteiger partial charge on any atom is -0.366 e. The molecule has 3 nitrogen and oxygen atoms in total. The number of halogens is 2. The lowest BCUT2D eigenvalue weighted by Crippen LogP contribution is -2.36. The van der Waals surface area contributed by atoms with Gasteiger partial charge < -0.3 is 10.5 Å². The van der Waals surface area contributed by atoms with E-state index in [0.717, 1.165) is 0 Å². The summed E-state index contributed by atoms with van der Waals surface area (Å²) in [6, 6.07) is 6.15. The highest BCUT2D eigenvalue weighted by molar-refractivity contribution is 5.92. The van der Waals surface area contributed by atoms with Crippen LogP contribution < -0.4 is 5.73 Å². The number of hydrogen-bond donors (Lipinski definition) is 1. The van der Waals surface area contributed by atoms with Crippen molar-refractivity contribution in [1.82, 2.24) is 0 Å². The van der Waals surface area contributed by atoms with Crippen molar-refractivity contribution in [1.29, 1.82) is 0 Å². The largest absolute Gasteiger partial charge is 0.366 e. The highest BCUT2D eigenvalue weighted by Crippen LogP contribution is 2.37. The molecule has 0 aliphatic heterocycles. The lowest BCUT2D eigenvalue weighted by molar-refractivity contribution is -0.300. The molecule has 0 aliphatic rings. The topological polar surface area (TPSA) is 52.3 Å². The molecule has 1 rings (SSSR count). The molecule has 0 spiro atoms. The van der Waals surface area contributed by atoms with Gasteiger partial charge in [0.1, 0.15) is 0 Å². The number of hydrogen-bond acceptors (Lipinski definition) is 2. The Morgan fingerprint density at radius 1 is 1.33 bits per heavy atom. The summed E-state index contributed by atoms with van der Waals surface area (Å²) >= 11 is 0. The molecule has 0 aliphatic carbocycles. The average Bonchev–Trinajstić information content (AvgIpc) is 2.25. The number of ether oxygens (including phenoxy) is 1. The fraction of sp³-hybridized carbons (Fsp3) is 0.462. The zero-order valence-corrected chi connectivity index (χ0v) is 10.7. The van der Waals surface area contributed by atoms with E-state index in [4.69, 9.17) is 5.73 Å². The number of benzene rings is 1. The van der Waals surface area contributed by atoms with Gasteiger partial charge in [-0.05, 0) is 17.7 Å². The first kappa shape index (κ1) is 14.6. The third-order valence-electron chi connectivity index (χ3n) is 2.50. The van der Waals surface area contributed by atoms with Crippen LogP contribution in [0.1, 0.15) is 36.7 Å². The van der Waals surface area contributed by atoms with Crippen LogP contribution in [0.25, 0.3) is 0 Å². The Labute approximate surface area is 105 Å². The number of primary amides is 1. The van der Waals surface area contributed by atoms with E-state index >= 15 is 0 Å². The molecule has 100 valence electrons. The predicted octanol–water partition coefficient (Wildman–Crippen LogP) is 2.94. The second-order valence-corrected chi connectivity index (χ2v) is 5.12. The molecule has 0 bridgehead atoms. The Morgan fingerprint density at radius 3 is 2.44 bits per heavy atom. The first-order valence-corrected chi connectivity index (χ1v) is 5.54. The molecular weight excluding hydrogens is 240 g/mol. The van der Waals surface area contributed by atoms with Crippen molar-refractivity contribution in [3.8, 4) is 0 Å². The van der Waals surface area contributed by atoms with Gasteiger partial charge in [0, 0.05) is 5.56 Å². The monoisotopic (exact) mass is 257 g/mol. The van der Waals surface area contributed by atoms with E-state index in [0.29, 0.717) is 5.56 Å². The van der Waals surface area contributed by atoms with E-state index in [1.165, 1.54) is 32.9 Å². The summed E-state index contributed by atoms with van der Waals surface area (Å²) in [5.41, 5.74) is 4.58. The quantitative estimate of drug-likeness (QED) is 0.901. The highest BCUT2D eigenvalue weighted by Gasteiger charge is 2.44. The molecule has 1 aromatic carbocycles. The normalized spacial score (nSPS) is 12.5. The Hall–Kier alpha value is -1.49. The van der Waals surface area contributed by atoms with Crippen molar-refractivity contribution >= 4 is 5.91 Å². The predicted molar refractivity (Wildman–Crippen MR) is 64.2 cm³/mol. The summed E-state index contributed by atoms with van der Waals surface area (Å²) < 4.78 is 31.8. The van der Waals surface area contributed by atoms with Crippen LogP contribution in [0.4, 0.5) is 8.78 Å². The number of amides is 1. The summed E-state index contributed by atoms with van der Waals surface area (Å²) in [4.78, 5) is 10.9. The summed E-state index contributed by atoms with van der Waals surface area (Å²) in [6.07, 6.45) is -3.24. The SMILES string of the molecule is CC(C)(C)C(F)(F)OCc1cccc(C(N)=O)c1. The molecule has 0 heterocycles. The van der Waals surface area contributed by atoms with Crippen molar-refractivity contribution in [3.63, 3.8) is 0 Å². The van der Waals surface area contributed by atoms with Crippen LogP contribution >= 0.6 is 0 Å². The van der Waals surface area contributed by atoms with Gasteiger partial charge in [-0.15, -0.1) is 0 Å². The number of carbonyl (C=O) groups excluding carboxylic acids is 1. The van der Waals surface area contributed by atoms with Crippen LogP contribution in [0.2, 0.25) is 0 Å². The molecule has 1 amide bonds. The highest BCUT2D eigenvalue weighted by atomic mass is 19.3. The minimum absolute atomic E-state index is 0.272. The zero-order chi connectivity index (χ0) is 14.0. The van der Waals surface area contributed by atoms with Gasteiger partial charge in [-0.3, -0.25) is 4.79 Å². The van der Waals surface area contributed by atoms with Gasteiger partial charge in [0.25, 0.3) is 0 Å². The van der Waals surface area contributed by atoms with Crippen molar-refractivity contribution in [2.75, 3.05) is 0 Å². The van der Waals surface area contributed by atoms with E-state index in [2.05, 4.69) is 4.74 Å². The fourth-order valence-electron chi connectivity index (χ4n) is 1.20. The lowest BCUT2D eigenvalue weighted by Gasteiger charge is -2.29. The van der Waals surface area contributed by atoms with Crippen LogP contribution in [-0.4, -0.2) is 12.0 Å². The molecule has 0 aromatic heterocycles. The first-order valence-electron chi connectivity index (χ1n) is 5.54. The Morgan fingerprint density at radius 2 is 1.94 bits per heavy atom. The second kappa shape index (κ2) is 5.02. The second-order valence-electron chi connectivity index (χ2n) is 5.12. The molecule has 0 unspecified atom stereocenters. The molecule has 0 saturated heterocycles. The van der Waals surface area contributed by atoms with Gasteiger partial charge in [-0.1, -0.05) is 32.9 Å². The molecule has 1 aromatic rings. The van der Waals surface area contributed by atoms with Gasteiger partial charge in [-0.2, -0.15) is 8.78 Å². The summed E-state index contributed by atoms with van der Waals surface area (Å²) in [7, 11) is 0. The first-order chi connectivity index (χ1) is 8.13. The third-order valence-corrected chi connectivity index (χ3v) is 2.50. The van der Waals surface area contributed by atoms with Crippen LogP contribution in [0.5, 0.6) is 0 Å². The summed E-state index contributed by atoms with van der Waals surface area (Å²) in [5, 5.41) is 0. The maximum atomic E-state index is 13.6. The van der Waals surface area contributed by atoms with Gasteiger partial charge in [0.2, 0.25) is 5.91 Å². The molecule has 5 heteroatoms. The van der Waals surface area contributed by atoms with Gasteiger partial charge >= 0.3 is 6.11 Å². The van der Waals surface area contributed by atoms with E-state index in [-0.39, 0.29) is 12.2 Å². The van der Waals surface area contributed by atoms with Gasteiger partial charge in [-0.25, -0.2) is 0 Å².